The lowest BCUT2D eigenvalue weighted by atomic mass is 9.97. The van der Waals surface area contributed by atoms with Gasteiger partial charge in [0.2, 0.25) is 5.95 Å². The van der Waals surface area contributed by atoms with Gasteiger partial charge in [0.05, 0.1) is 5.52 Å². The molecule has 1 aromatic carbocycles. The lowest BCUT2D eigenvalue weighted by Crippen LogP contribution is -2.21. The van der Waals surface area contributed by atoms with Gasteiger partial charge in [-0.1, -0.05) is 24.3 Å². The van der Waals surface area contributed by atoms with Crippen molar-refractivity contribution in [2.75, 3.05) is 30.3 Å². The normalized spacial score (nSPS) is 19.5. The Hall–Kier alpha value is -2.73. The molecule has 3 aliphatic rings. The van der Waals surface area contributed by atoms with Gasteiger partial charge >= 0.3 is 0 Å². The minimum Gasteiger partial charge on any atom is -0.367 e. The summed E-state index contributed by atoms with van der Waals surface area (Å²) in [7, 11) is 0. The highest BCUT2D eigenvalue weighted by Gasteiger charge is 2.28. The van der Waals surface area contributed by atoms with Gasteiger partial charge in [-0.05, 0) is 50.3 Å². The zero-order chi connectivity index (χ0) is 20.3. The van der Waals surface area contributed by atoms with Crippen LogP contribution < -0.4 is 16.0 Å². The summed E-state index contributed by atoms with van der Waals surface area (Å²) in [6, 6.07) is 6.90. The zero-order valence-electron chi connectivity index (χ0n) is 17.6. The Balaban J connectivity index is 1.48. The van der Waals surface area contributed by atoms with Crippen LogP contribution in [-0.4, -0.2) is 41.9 Å². The largest absolute Gasteiger partial charge is 0.367 e. The summed E-state index contributed by atoms with van der Waals surface area (Å²) in [5, 5.41) is 11.6. The molecular weight excluding hydrogens is 372 g/mol. The van der Waals surface area contributed by atoms with Gasteiger partial charge in [0.15, 0.2) is 0 Å². The fraction of sp³-hybridized carbons (Fsp3) is 0.458. The number of rotatable bonds is 8. The number of hydrogen-bond acceptors (Lipinski definition) is 6. The van der Waals surface area contributed by atoms with E-state index in [9.17, 15) is 0 Å². The van der Waals surface area contributed by atoms with Gasteiger partial charge in [0, 0.05) is 54.8 Å². The van der Waals surface area contributed by atoms with Crippen LogP contribution in [0.2, 0.25) is 0 Å². The molecule has 156 valence electrons. The summed E-state index contributed by atoms with van der Waals surface area (Å²) >= 11 is 0. The smallest absolute Gasteiger partial charge is 0.225 e. The number of nitrogens with zero attached hydrogens (tertiary/aromatic N) is 3. The first-order valence-electron chi connectivity index (χ1n) is 11.2. The molecule has 0 radical (unpaired) electrons. The van der Waals surface area contributed by atoms with Crippen LogP contribution in [0, 0.1) is 5.92 Å². The van der Waals surface area contributed by atoms with E-state index in [0.717, 1.165) is 67.2 Å². The Bertz CT molecular complexity index is 1020. The number of para-hydroxylation sites is 1. The second-order valence-corrected chi connectivity index (χ2v) is 8.47. The third-order valence-corrected chi connectivity index (χ3v) is 6.21. The van der Waals surface area contributed by atoms with E-state index in [1.54, 1.807) is 0 Å². The molecule has 30 heavy (non-hydrogen) atoms. The monoisotopic (exact) mass is 402 g/mol. The summed E-state index contributed by atoms with van der Waals surface area (Å²) in [4.78, 5) is 14.2. The van der Waals surface area contributed by atoms with Crippen molar-refractivity contribution in [3.8, 4) is 0 Å². The minimum atomic E-state index is 0.427. The maximum Gasteiger partial charge on any atom is 0.225 e. The Labute approximate surface area is 178 Å². The van der Waals surface area contributed by atoms with E-state index < -0.39 is 0 Å². The summed E-state index contributed by atoms with van der Waals surface area (Å²) in [6.45, 7) is 4.97. The second kappa shape index (κ2) is 8.56. The van der Waals surface area contributed by atoms with E-state index in [2.05, 4.69) is 58.2 Å². The van der Waals surface area contributed by atoms with Crippen molar-refractivity contribution in [2.24, 2.45) is 10.9 Å². The number of hydrogen-bond donors (Lipinski definition) is 3. The quantitative estimate of drug-likeness (QED) is 0.611. The molecule has 6 nitrogen and oxygen atoms in total. The van der Waals surface area contributed by atoms with Gasteiger partial charge in [-0.25, -0.2) is 4.98 Å². The summed E-state index contributed by atoms with van der Waals surface area (Å²) in [6.07, 6.45) is 11.9. The highest BCUT2D eigenvalue weighted by molar-refractivity contribution is 5.97. The molecule has 1 saturated carbocycles. The molecule has 0 amide bonds. The first kappa shape index (κ1) is 19.2. The fourth-order valence-corrected chi connectivity index (χ4v) is 4.28. The van der Waals surface area contributed by atoms with E-state index >= 15 is 0 Å². The Morgan fingerprint density at radius 3 is 2.90 bits per heavy atom. The van der Waals surface area contributed by atoms with E-state index in [0.29, 0.717) is 12.0 Å². The van der Waals surface area contributed by atoms with Gasteiger partial charge in [-0.15, -0.1) is 0 Å². The number of fused-ring (bicyclic) bond motifs is 1. The first-order valence-corrected chi connectivity index (χ1v) is 11.2. The highest BCUT2D eigenvalue weighted by Crippen LogP contribution is 2.36. The minimum absolute atomic E-state index is 0.427. The highest BCUT2D eigenvalue weighted by atomic mass is 15.2. The van der Waals surface area contributed by atoms with Crippen LogP contribution in [0.1, 0.15) is 44.6 Å². The Kier molecular flexibility index (Phi) is 5.49. The summed E-state index contributed by atoms with van der Waals surface area (Å²) in [5.74, 6) is 2.39. The van der Waals surface area contributed by atoms with Crippen molar-refractivity contribution in [3.05, 3.63) is 41.6 Å². The topological polar surface area (TPSA) is 74.2 Å². The molecule has 5 rings (SSSR count). The van der Waals surface area contributed by atoms with Gasteiger partial charge < -0.3 is 16.0 Å². The first-order chi connectivity index (χ1) is 14.8. The van der Waals surface area contributed by atoms with Crippen LogP contribution in [0.25, 0.3) is 16.5 Å². The predicted octanol–water partition coefficient (Wildman–Crippen LogP) is 4.38. The van der Waals surface area contributed by atoms with Crippen LogP contribution in [0.15, 0.2) is 41.0 Å². The number of anilines is 2. The van der Waals surface area contributed by atoms with E-state index in [1.807, 2.05) is 6.21 Å². The van der Waals surface area contributed by atoms with Crippen LogP contribution >= 0.6 is 0 Å². The van der Waals surface area contributed by atoms with Crippen LogP contribution in [0.4, 0.5) is 11.8 Å². The molecule has 3 heterocycles. The maximum atomic E-state index is 4.96. The molecule has 1 aliphatic carbocycles. The molecule has 0 spiro atoms. The van der Waals surface area contributed by atoms with E-state index in [4.69, 9.17) is 9.97 Å². The molecular formula is C24H30N6. The summed E-state index contributed by atoms with van der Waals surface area (Å²) < 4.78 is 0. The van der Waals surface area contributed by atoms with Crippen molar-refractivity contribution in [1.82, 2.24) is 15.3 Å². The molecule has 6 heteroatoms. The average molecular weight is 403 g/mol. The third kappa shape index (κ3) is 4.24. The lowest BCUT2D eigenvalue weighted by molar-refractivity contribution is 0.691. The SMILES string of the molecule is C[C@@H](Nc1nc(NCCC2=CCC=N2)nc2c(C3=CCNCC3)cccc12)C1CC1. The van der Waals surface area contributed by atoms with Crippen molar-refractivity contribution in [3.63, 3.8) is 0 Å². The van der Waals surface area contributed by atoms with Crippen molar-refractivity contribution < 1.29 is 0 Å². The number of benzene rings is 1. The van der Waals surface area contributed by atoms with Gasteiger partial charge in [-0.2, -0.15) is 4.98 Å². The molecule has 2 aromatic rings. The standard InChI is InChI=1S/C24H30N6/c1-16(17-7-8-17)28-23-21-6-2-5-20(18-9-13-25-14-10-18)22(21)29-24(30-23)27-15-11-19-4-3-12-26-19/h2,4-6,9,12,16-17,25H,3,7-8,10-11,13-15H2,1H3,(H2,27,28,29,30)/t16-/m1/s1. The van der Waals surface area contributed by atoms with Crippen molar-refractivity contribution in [2.45, 2.75) is 45.1 Å². The van der Waals surface area contributed by atoms with Crippen molar-refractivity contribution in [1.29, 1.82) is 0 Å². The lowest BCUT2D eigenvalue weighted by Gasteiger charge is -2.19. The van der Waals surface area contributed by atoms with Crippen LogP contribution in [-0.2, 0) is 0 Å². The summed E-state index contributed by atoms with van der Waals surface area (Å²) in [5.41, 5.74) is 4.77. The Morgan fingerprint density at radius 1 is 1.20 bits per heavy atom. The Morgan fingerprint density at radius 2 is 2.13 bits per heavy atom. The molecule has 1 aromatic heterocycles. The number of aromatic nitrogens is 2. The van der Waals surface area contributed by atoms with Gasteiger partial charge in [0.25, 0.3) is 0 Å². The van der Waals surface area contributed by atoms with E-state index in [-0.39, 0.29) is 0 Å². The van der Waals surface area contributed by atoms with Crippen LogP contribution in [0.3, 0.4) is 0 Å². The number of aliphatic imine (C=N–C) groups is 1. The molecule has 1 atom stereocenters. The third-order valence-electron chi connectivity index (χ3n) is 6.21. The van der Waals surface area contributed by atoms with E-state index in [1.165, 1.54) is 24.0 Å². The molecule has 3 N–H and O–H groups in total. The second-order valence-electron chi connectivity index (χ2n) is 8.47. The predicted molar refractivity (Wildman–Crippen MR) is 125 cm³/mol. The fourth-order valence-electron chi connectivity index (χ4n) is 4.28. The molecule has 1 fully saturated rings. The molecule has 2 aliphatic heterocycles. The molecule has 0 bridgehead atoms. The molecule has 0 saturated heterocycles. The maximum absolute atomic E-state index is 4.96. The van der Waals surface area contributed by atoms with Gasteiger partial charge in [0.1, 0.15) is 5.82 Å². The average Bonchev–Trinajstić information content (AvgIpc) is 3.51. The number of allylic oxidation sites excluding steroid dienone is 1. The van der Waals surface area contributed by atoms with Crippen molar-refractivity contribution >= 4 is 34.5 Å². The zero-order valence-corrected chi connectivity index (χ0v) is 17.6. The number of nitrogens with one attached hydrogen (secondary N) is 3. The van der Waals surface area contributed by atoms with Gasteiger partial charge in [-0.3, -0.25) is 4.99 Å². The molecule has 0 unspecified atom stereocenters. The van der Waals surface area contributed by atoms with Crippen LogP contribution in [0.5, 0.6) is 0 Å².